The maximum Gasteiger partial charge on any atom is 0.286 e. The van der Waals surface area contributed by atoms with E-state index in [4.69, 9.17) is 14.2 Å². The van der Waals surface area contributed by atoms with Crippen LogP contribution in [0.5, 0.6) is 11.5 Å². The fourth-order valence-electron chi connectivity index (χ4n) is 2.67. The Morgan fingerprint density at radius 3 is 2.65 bits per heavy atom. The first-order chi connectivity index (χ1) is 12.0. The molecule has 0 bridgehead atoms. The zero-order valence-electron chi connectivity index (χ0n) is 15.0. The van der Waals surface area contributed by atoms with Crippen LogP contribution in [-0.2, 0) is 4.74 Å². The molecule has 0 spiro atoms. The lowest BCUT2D eigenvalue weighted by molar-refractivity contribution is -0.385. The summed E-state index contributed by atoms with van der Waals surface area (Å²) in [6, 6.07) is 2.73. The largest absolute Gasteiger partial charge is 0.493 e. The van der Waals surface area contributed by atoms with Crippen LogP contribution in [0.3, 0.4) is 0 Å². The van der Waals surface area contributed by atoms with Crippen LogP contribution in [0.25, 0.3) is 0 Å². The number of halogens is 1. The number of ether oxygens (including phenoxy) is 3. The number of carbonyl (C=O) groups is 1. The first kappa shape index (κ1) is 21.9. The molecule has 1 aromatic rings. The molecule has 10 heteroatoms. The second kappa shape index (κ2) is 10.1. The lowest BCUT2D eigenvalue weighted by Crippen LogP contribution is -2.51. The van der Waals surface area contributed by atoms with E-state index in [0.717, 1.165) is 0 Å². The van der Waals surface area contributed by atoms with Gasteiger partial charge in [0.15, 0.2) is 11.5 Å². The van der Waals surface area contributed by atoms with Gasteiger partial charge in [-0.1, -0.05) is 0 Å². The van der Waals surface area contributed by atoms with Crippen molar-refractivity contribution in [2.24, 2.45) is 0 Å². The maximum absolute atomic E-state index is 12.8. The minimum atomic E-state index is -0.582. The summed E-state index contributed by atoms with van der Waals surface area (Å²) in [6.07, 6.45) is 0. The molecule has 1 aliphatic heterocycles. The summed E-state index contributed by atoms with van der Waals surface area (Å²) in [6.45, 7) is 4.14. The molecule has 2 rings (SSSR count). The summed E-state index contributed by atoms with van der Waals surface area (Å²) in [7, 11) is 2.95. The second-order valence-electron chi connectivity index (χ2n) is 5.72. The van der Waals surface area contributed by atoms with Gasteiger partial charge in [-0.15, -0.1) is 12.4 Å². The number of nitrogens with one attached hydrogen (secondary N) is 1. The normalized spacial score (nSPS) is 16.6. The number of rotatable bonds is 7. The number of amides is 1. The predicted molar refractivity (Wildman–Crippen MR) is 97.6 cm³/mol. The van der Waals surface area contributed by atoms with E-state index in [1.165, 1.54) is 26.4 Å². The van der Waals surface area contributed by atoms with Gasteiger partial charge in [-0.25, -0.2) is 0 Å². The molecule has 1 saturated heterocycles. The average Bonchev–Trinajstić information content (AvgIpc) is 2.60. The van der Waals surface area contributed by atoms with Crippen molar-refractivity contribution < 1.29 is 23.9 Å². The van der Waals surface area contributed by atoms with Crippen LogP contribution in [0.2, 0.25) is 0 Å². The molecule has 1 aliphatic rings. The van der Waals surface area contributed by atoms with E-state index >= 15 is 0 Å². The Morgan fingerprint density at radius 1 is 1.35 bits per heavy atom. The molecule has 1 N–H and O–H groups in total. The molecular formula is C16H24ClN3O6. The summed E-state index contributed by atoms with van der Waals surface area (Å²) >= 11 is 0. The molecule has 9 nitrogen and oxygen atoms in total. The third-order valence-corrected chi connectivity index (χ3v) is 3.91. The number of nitro groups is 1. The number of nitrogens with zero attached hydrogens (tertiary/aromatic N) is 2. The van der Waals surface area contributed by atoms with Gasteiger partial charge >= 0.3 is 0 Å². The predicted octanol–water partition coefficient (Wildman–Crippen LogP) is 1.48. The Labute approximate surface area is 158 Å². The van der Waals surface area contributed by atoms with Crippen LogP contribution in [0.15, 0.2) is 12.1 Å². The Balaban J connectivity index is 0.00000338. The van der Waals surface area contributed by atoms with Gasteiger partial charge in [0.2, 0.25) is 0 Å². The highest BCUT2D eigenvalue weighted by atomic mass is 35.5. The van der Waals surface area contributed by atoms with Gasteiger partial charge < -0.3 is 24.4 Å². The second-order valence-corrected chi connectivity index (χ2v) is 5.72. The minimum Gasteiger partial charge on any atom is -0.493 e. The molecule has 146 valence electrons. The zero-order chi connectivity index (χ0) is 18.4. The van der Waals surface area contributed by atoms with Crippen molar-refractivity contribution in [1.29, 1.82) is 0 Å². The Bertz CT molecular complexity index is 643. The Morgan fingerprint density at radius 2 is 2.08 bits per heavy atom. The Kier molecular flexibility index (Phi) is 8.56. The standard InChI is InChI=1S/C16H23N3O6.ClH/c1-11-10-18(5-4-17-11)16(20)12-8-14(24-3)15(25-7-6-23-2)9-13(12)19(21)22;/h8-9,11,17H,4-7,10H2,1-3H3;1H. The van der Waals surface area contributed by atoms with E-state index in [9.17, 15) is 14.9 Å². The fraction of sp³-hybridized carbons (Fsp3) is 0.562. The lowest BCUT2D eigenvalue weighted by atomic mass is 10.1. The molecule has 1 aromatic carbocycles. The lowest BCUT2D eigenvalue weighted by Gasteiger charge is -2.31. The summed E-state index contributed by atoms with van der Waals surface area (Å²) in [5.74, 6) is 0.0894. The number of benzene rings is 1. The average molecular weight is 390 g/mol. The van der Waals surface area contributed by atoms with Crippen molar-refractivity contribution in [1.82, 2.24) is 10.2 Å². The number of methoxy groups -OCH3 is 2. The molecule has 0 saturated carbocycles. The first-order valence-electron chi connectivity index (χ1n) is 7.98. The Hall–Kier alpha value is -2.10. The van der Waals surface area contributed by atoms with E-state index in [0.29, 0.717) is 26.2 Å². The molecule has 1 atom stereocenters. The summed E-state index contributed by atoms with van der Waals surface area (Å²) in [5, 5.41) is 14.7. The van der Waals surface area contributed by atoms with Crippen LogP contribution in [0.4, 0.5) is 5.69 Å². The topological polar surface area (TPSA) is 103 Å². The van der Waals surface area contributed by atoms with Crippen LogP contribution >= 0.6 is 12.4 Å². The van der Waals surface area contributed by atoms with Gasteiger partial charge in [0.1, 0.15) is 12.2 Å². The van der Waals surface area contributed by atoms with Crippen molar-refractivity contribution in [3.8, 4) is 11.5 Å². The van der Waals surface area contributed by atoms with Crippen molar-refractivity contribution >= 4 is 24.0 Å². The van der Waals surface area contributed by atoms with E-state index in [1.54, 1.807) is 4.90 Å². The van der Waals surface area contributed by atoms with Crippen LogP contribution in [0.1, 0.15) is 17.3 Å². The number of hydrogen-bond donors (Lipinski definition) is 1. The number of carbonyl (C=O) groups excluding carboxylic acids is 1. The van der Waals surface area contributed by atoms with Crippen molar-refractivity contribution in [2.45, 2.75) is 13.0 Å². The van der Waals surface area contributed by atoms with Gasteiger partial charge in [0.05, 0.1) is 24.7 Å². The van der Waals surface area contributed by atoms with E-state index in [-0.39, 0.29) is 53.7 Å². The number of nitro benzene ring substituents is 1. The highest BCUT2D eigenvalue weighted by Crippen LogP contribution is 2.35. The molecule has 0 aromatic heterocycles. The highest BCUT2D eigenvalue weighted by Gasteiger charge is 2.30. The fourth-order valence-corrected chi connectivity index (χ4v) is 2.67. The molecule has 0 aliphatic carbocycles. The van der Waals surface area contributed by atoms with Gasteiger partial charge in [0, 0.05) is 38.9 Å². The number of piperazine rings is 1. The summed E-state index contributed by atoms with van der Waals surface area (Å²) in [4.78, 5) is 25.3. The summed E-state index contributed by atoms with van der Waals surface area (Å²) in [5.41, 5.74) is -0.306. The zero-order valence-corrected chi connectivity index (χ0v) is 15.8. The van der Waals surface area contributed by atoms with E-state index < -0.39 is 4.92 Å². The molecule has 1 fully saturated rings. The molecule has 0 radical (unpaired) electrons. The molecule has 26 heavy (non-hydrogen) atoms. The monoisotopic (exact) mass is 389 g/mol. The van der Waals surface area contributed by atoms with Gasteiger partial charge in [0.25, 0.3) is 11.6 Å². The van der Waals surface area contributed by atoms with E-state index in [1.807, 2.05) is 6.92 Å². The molecule has 1 heterocycles. The van der Waals surface area contributed by atoms with Crippen molar-refractivity contribution in [3.63, 3.8) is 0 Å². The quantitative estimate of drug-likeness (QED) is 0.428. The van der Waals surface area contributed by atoms with Crippen LogP contribution < -0.4 is 14.8 Å². The summed E-state index contributed by atoms with van der Waals surface area (Å²) < 4.78 is 15.6. The molecule has 1 unspecified atom stereocenters. The van der Waals surface area contributed by atoms with Gasteiger partial charge in [-0.2, -0.15) is 0 Å². The SMILES string of the molecule is COCCOc1cc([N+](=O)[O-])c(C(=O)N2CCNC(C)C2)cc1OC.Cl. The van der Waals surface area contributed by atoms with Gasteiger partial charge in [-0.3, -0.25) is 14.9 Å². The highest BCUT2D eigenvalue weighted by molar-refractivity contribution is 5.99. The first-order valence-corrected chi connectivity index (χ1v) is 7.98. The molecule has 1 amide bonds. The molecular weight excluding hydrogens is 366 g/mol. The van der Waals surface area contributed by atoms with Crippen LogP contribution in [-0.4, -0.2) is 68.8 Å². The smallest absolute Gasteiger partial charge is 0.286 e. The third-order valence-electron chi connectivity index (χ3n) is 3.91. The van der Waals surface area contributed by atoms with Crippen LogP contribution in [0, 0.1) is 10.1 Å². The number of hydrogen-bond acceptors (Lipinski definition) is 7. The van der Waals surface area contributed by atoms with Gasteiger partial charge in [-0.05, 0) is 6.92 Å². The van der Waals surface area contributed by atoms with E-state index in [2.05, 4.69) is 5.32 Å². The third kappa shape index (κ3) is 5.20. The van der Waals surface area contributed by atoms with Crippen molar-refractivity contribution in [3.05, 3.63) is 27.8 Å². The van der Waals surface area contributed by atoms with Crippen molar-refractivity contribution in [2.75, 3.05) is 47.1 Å². The maximum atomic E-state index is 12.8. The minimum absolute atomic E-state index is 0.